The molecule has 2 aromatic rings. The first-order chi connectivity index (χ1) is 11.7. The summed E-state index contributed by atoms with van der Waals surface area (Å²) >= 11 is 0. The van der Waals surface area contributed by atoms with Gasteiger partial charge in [-0.2, -0.15) is 0 Å². The minimum atomic E-state index is -1.17. The fourth-order valence-corrected chi connectivity index (χ4v) is 3.48. The van der Waals surface area contributed by atoms with Crippen LogP contribution in [0.5, 0.6) is 0 Å². The second kappa shape index (κ2) is 7.14. The SMILES string of the molecule is C=C[C@@]1(C)CC(n2ccc3c(N)ncnc32)C[C@@H]1OC(C)(C)O.CC. The number of anilines is 1. The third-order valence-electron chi connectivity index (χ3n) is 4.73. The minimum absolute atomic E-state index is 0.110. The lowest BCUT2D eigenvalue weighted by Crippen LogP contribution is -2.36. The molecule has 2 heterocycles. The molecule has 138 valence electrons. The topological polar surface area (TPSA) is 86.2 Å². The molecule has 1 unspecified atom stereocenters. The summed E-state index contributed by atoms with van der Waals surface area (Å²) in [6.07, 6.45) is 6.95. The van der Waals surface area contributed by atoms with E-state index in [0.29, 0.717) is 5.82 Å². The maximum atomic E-state index is 10.0. The minimum Gasteiger partial charge on any atom is -0.383 e. The van der Waals surface area contributed by atoms with Crippen LogP contribution in [0.4, 0.5) is 5.82 Å². The summed E-state index contributed by atoms with van der Waals surface area (Å²) in [6, 6.07) is 2.15. The summed E-state index contributed by atoms with van der Waals surface area (Å²) in [6.45, 7) is 13.4. The monoisotopic (exact) mass is 346 g/mol. The fourth-order valence-electron chi connectivity index (χ4n) is 3.48. The molecule has 0 spiro atoms. The van der Waals surface area contributed by atoms with Gasteiger partial charge >= 0.3 is 0 Å². The maximum absolute atomic E-state index is 10.0. The Labute approximate surface area is 149 Å². The van der Waals surface area contributed by atoms with Crippen molar-refractivity contribution in [2.75, 3.05) is 5.73 Å². The Kier molecular flexibility index (Phi) is 5.54. The number of nitrogens with zero attached hydrogens (tertiary/aromatic N) is 3. The predicted molar refractivity (Wildman–Crippen MR) is 101 cm³/mol. The molecule has 0 aliphatic heterocycles. The molecule has 1 aliphatic rings. The van der Waals surface area contributed by atoms with E-state index in [2.05, 4.69) is 28.0 Å². The van der Waals surface area contributed by atoms with E-state index >= 15 is 0 Å². The summed E-state index contributed by atoms with van der Waals surface area (Å²) in [5, 5.41) is 10.9. The highest BCUT2D eigenvalue weighted by Gasteiger charge is 2.45. The zero-order chi connectivity index (χ0) is 18.8. The molecule has 3 rings (SSSR count). The van der Waals surface area contributed by atoms with Gasteiger partial charge in [0.1, 0.15) is 17.8 Å². The van der Waals surface area contributed by atoms with Gasteiger partial charge < -0.3 is 20.1 Å². The van der Waals surface area contributed by atoms with Crippen molar-refractivity contribution in [1.82, 2.24) is 14.5 Å². The Morgan fingerprint density at radius 2 is 2.12 bits per heavy atom. The van der Waals surface area contributed by atoms with E-state index in [9.17, 15) is 5.11 Å². The summed E-state index contributed by atoms with van der Waals surface area (Å²) < 4.78 is 8.01. The van der Waals surface area contributed by atoms with Crippen molar-refractivity contribution in [1.29, 1.82) is 0 Å². The van der Waals surface area contributed by atoms with E-state index in [4.69, 9.17) is 10.5 Å². The third-order valence-corrected chi connectivity index (χ3v) is 4.73. The first-order valence-corrected chi connectivity index (χ1v) is 8.84. The van der Waals surface area contributed by atoms with Gasteiger partial charge in [0.2, 0.25) is 0 Å². The average molecular weight is 346 g/mol. The normalized spacial score (nSPS) is 26.3. The molecule has 6 heteroatoms. The quantitative estimate of drug-likeness (QED) is 0.651. The zero-order valence-electron chi connectivity index (χ0n) is 15.9. The van der Waals surface area contributed by atoms with Crippen LogP contribution in [0.2, 0.25) is 0 Å². The number of fused-ring (bicyclic) bond motifs is 1. The fraction of sp³-hybridized carbons (Fsp3) is 0.579. The number of nitrogens with two attached hydrogens (primary N) is 1. The van der Waals surface area contributed by atoms with Crippen LogP contribution in [-0.4, -0.2) is 31.5 Å². The van der Waals surface area contributed by atoms with Gasteiger partial charge in [-0.05, 0) is 32.8 Å². The van der Waals surface area contributed by atoms with Crippen molar-refractivity contribution in [2.45, 2.75) is 65.4 Å². The van der Waals surface area contributed by atoms with Gasteiger partial charge in [0, 0.05) is 17.7 Å². The Morgan fingerprint density at radius 3 is 2.72 bits per heavy atom. The zero-order valence-corrected chi connectivity index (χ0v) is 15.9. The van der Waals surface area contributed by atoms with E-state index in [1.165, 1.54) is 6.33 Å². The van der Waals surface area contributed by atoms with Crippen molar-refractivity contribution in [3.8, 4) is 0 Å². The van der Waals surface area contributed by atoms with Crippen LogP contribution < -0.4 is 5.73 Å². The molecule has 0 amide bonds. The predicted octanol–water partition coefficient (Wildman–Crippen LogP) is 3.68. The van der Waals surface area contributed by atoms with E-state index < -0.39 is 5.79 Å². The van der Waals surface area contributed by atoms with Crippen molar-refractivity contribution in [3.63, 3.8) is 0 Å². The second-order valence-electron chi connectivity index (χ2n) is 7.08. The van der Waals surface area contributed by atoms with Gasteiger partial charge in [-0.1, -0.05) is 26.8 Å². The van der Waals surface area contributed by atoms with Crippen LogP contribution in [0.25, 0.3) is 11.0 Å². The molecule has 0 saturated heterocycles. The van der Waals surface area contributed by atoms with Crippen molar-refractivity contribution >= 4 is 16.9 Å². The third kappa shape index (κ3) is 3.85. The Hall–Kier alpha value is -1.92. The van der Waals surface area contributed by atoms with Crippen LogP contribution in [0.1, 0.15) is 53.5 Å². The van der Waals surface area contributed by atoms with E-state index in [1.807, 2.05) is 32.2 Å². The highest BCUT2D eigenvalue weighted by molar-refractivity contribution is 5.86. The Morgan fingerprint density at radius 1 is 1.44 bits per heavy atom. The van der Waals surface area contributed by atoms with Crippen molar-refractivity contribution < 1.29 is 9.84 Å². The molecule has 2 aromatic heterocycles. The van der Waals surface area contributed by atoms with Gasteiger partial charge in [-0.3, -0.25) is 0 Å². The lowest BCUT2D eigenvalue weighted by atomic mass is 9.86. The summed E-state index contributed by atoms with van der Waals surface area (Å²) in [7, 11) is 0. The van der Waals surface area contributed by atoms with Gasteiger partial charge in [0.15, 0.2) is 5.79 Å². The number of hydrogen-bond donors (Lipinski definition) is 2. The summed E-state index contributed by atoms with van der Waals surface area (Å²) in [5.74, 6) is -0.683. The van der Waals surface area contributed by atoms with E-state index in [-0.39, 0.29) is 17.6 Å². The summed E-state index contributed by atoms with van der Waals surface area (Å²) in [4.78, 5) is 8.41. The lowest BCUT2D eigenvalue weighted by molar-refractivity contribution is -0.218. The highest BCUT2D eigenvalue weighted by atomic mass is 16.6. The second-order valence-corrected chi connectivity index (χ2v) is 7.08. The molecule has 3 N–H and O–H groups in total. The molecule has 3 atom stereocenters. The van der Waals surface area contributed by atoms with E-state index in [1.54, 1.807) is 13.8 Å². The molecular formula is C19H30N4O2. The van der Waals surface area contributed by atoms with Crippen LogP contribution in [0.3, 0.4) is 0 Å². The largest absolute Gasteiger partial charge is 0.383 e. The number of hydrogen-bond acceptors (Lipinski definition) is 5. The van der Waals surface area contributed by atoms with Gasteiger partial charge in [-0.15, -0.1) is 6.58 Å². The number of nitrogen functional groups attached to an aromatic ring is 1. The molecule has 0 aromatic carbocycles. The first-order valence-electron chi connectivity index (χ1n) is 8.84. The summed E-state index contributed by atoms with van der Waals surface area (Å²) in [5.41, 5.74) is 6.54. The van der Waals surface area contributed by atoms with E-state index in [0.717, 1.165) is 23.9 Å². The average Bonchev–Trinajstić information content (AvgIpc) is 3.11. The van der Waals surface area contributed by atoms with Gasteiger partial charge in [0.25, 0.3) is 0 Å². The smallest absolute Gasteiger partial charge is 0.160 e. The number of aliphatic hydroxyl groups is 1. The molecule has 25 heavy (non-hydrogen) atoms. The first kappa shape index (κ1) is 19.4. The molecule has 1 fully saturated rings. The van der Waals surface area contributed by atoms with Gasteiger partial charge in [0.05, 0.1) is 11.5 Å². The molecule has 0 bridgehead atoms. The maximum Gasteiger partial charge on any atom is 0.160 e. The molecular weight excluding hydrogens is 316 g/mol. The van der Waals surface area contributed by atoms with Crippen LogP contribution in [-0.2, 0) is 4.74 Å². The van der Waals surface area contributed by atoms with Crippen LogP contribution >= 0.6 is 0 Å². The Balaban J connectivity index is 0.00000109. The number of rotatable bonds is 4. The molecule has 1 aliphatic carbocycles. The lowest BCUT2D eigenvalue weighted by Gasteiger charge is -2.32. The molecule has 6 nitrogen and oxygen atoms in total. The molecule has 0 radical (unpaired) electrons. The highest BCUT2D eigenvalue weighted by Crippen LogP contribution is 2.48. The Bertz CT molecular complexity index is 735. The van der Waals surface area contributed by atoms with Crippen molar-refractivity contribution in [2.24, 2.45) is 5.41 Å². The molecule has 1 saturated carbocycles. The van der Waals surface area contributed by atoms with Crippen molar-refractivity contribution in [3.05, 3.63) is 31.2 Å². The van der Waals surface area contributed by atoms with Gasteiger partial charge in [-0.25, -0.2) is 9.97 Å². The standard InChI is InChI=1S/C17H24N4O2.C2H6/c1-5-17(4)9-11(8-13(17)23-16(2,3)22)21-7-6-12-14(18)19-10-20-15(12)21;1-2/h5-7,10-11,13,22H,1,8-9H2,2-4H3,(H2,18,19,20);1-2H3/t11?,13-,17-;/m0./s1. The number of ether oxygens (including phenoxy) is 1. The van der Waals surface area contributed by atoms with Crippen LogP contribution in [0, 0.1) is 5.41 Å². The number of aromatic nitrogens is 3. The van der Waals surface area contributed by atoms with Crippen LogP contribution in [0.15, 0.2) is 31.2 Å².